The van der Waals surface area contributed by atoms with Gasteiger partial charge in [0.2, 0.25) is 0 Å². The Kier molecular flexibility index (Phi) is 8.26. The molecule has 1 aromatic heterocycles. The highest BCUT2D eigenvalue weighted by molar-refractivity contribution is 7.09. The van der Waals surface area contributed by atoms with Crippen molar-refractivity contribution in [2.75, 3.05) is 19.6 Å². The number of rotatable bonds is 10. The van der Waals surface area contributed by atoms with Gasteiger partial charge in [0.25, 0.3) is 0 Å². The van der Waals surface area contributed by atoms with Crippen LogP contribution in [-0.2, 0) is 0 Å². The van der Waals surface area contributed by atoms with Crippen LogP contribution in [0.25, 0.3) is 0 Å². The number of hydrogen-bond acceptors (Lipinski definition) is 4. The molecule has 2 atom stereocenters. The van der Waals surface area contributed by atoms with Crippen molar-refractivity contribution in [1.29, 1.82) is 0 Å². The van der Waals surface area contributed by atoms with E-state index in [9.17, 15) is 0 Å². The lowest BCUT2D eigenvalue weighted by molar-refractivity contribution is 0.330. The van der Waals surface area contributed by atoms with Crippen LogP contribution in [0.3, 0.4) is 0 Å². The SMILES string of the molecule is CC(CNCCCC(CCN)C(C)C)c1nccs1. The fourth-order valence-electron chi connectivity index (χ4n) is 2.40. The maximum absolute atomic E-state index is 5.67. The summed E-state index contributed by atoms with van der Waals surface area (Å²) in [5, 5.41) is 6.82. The van der Waals surface area contributed by atoms with Crippen LogP contribution in [0.15, 0.2) is 11.6 Å². The summed E-state index contributed by atoms with van der Waals surface area (Å²) in [5.74, 6) is 2.05. The minimum atomic E-state index is 0.518. The van der Waals surface area contributed by atoms with Crippen LogP contribution in [0.1, 0.15) is 51.0 Å². The number of thiazole rings is 1. The van der Waals surface area contributed by atoms with Crippen molar-refractivity contribution in [3.8, 4) is 0 Å². The molecule has 3 N–H and O–H groups in total. The van der Waals surface area contributed by atoms with Crippen molar-refractivity contribution in [2.45, 2.75) is 46.0 Å². The van der Waals surface area contributed by atoms with Crippen molar-refractivity contribution in [1.82, 2.24) is 10.3 Å². The molecule has 1 rings (SSSR count). The van der Waals surface area contributed by atoms with E-state index in [-0.39, 0.29) is 0 Å². The molecule has 1 aromatic rings. The Morgan fingerprint density at radius 3 is 2.68 bits per heavy atom. The molecule has 1 heterocycles. The summed E-state index contributed by atoms with van der Waals surface area (Å²) in [4.78, 5) is 4.36. The van der Waals surface area contributed by atoms with Gasteiger partial charge in [0.15, 0.2) is 0 Å². The van der Waals surface area contributed by atoms with E-state index in [2.05, 4.69) is 31.1 Å². The summed E-state index contributed by atoms with van der Waals surface area (Å²) in [5.41, 5.74) is 5.67. The van der Waals surface area contributed by atoms with Crippen LogP contribution in [0.2, 0.25) is 0 Å². The van der Waals surface area contributed by atoms with E-state index in [1.807, 2.05) is 11.6 Å². The summed E-state index contributed by atoms with van der Waals surface area (Å²) in [6.45, 7) is 9.78. The number of nitrogens with zero attached hydrogens (tertiary/aromatic N) is 1. The van der Waals surface area contributed by atoms with Gasteiger partial charge in [-0.1, -0.05) is 20.8 Å². The van der Waals surface area contributed by atoms with E-state index in [0.29, 0.717) is 5.92 Å². The third kappa shape index (κ3) is 6.50. The summed E-state index contributed by atoms with van der Waals surface area (Å²) in [7, 11) is 0. The average Bonchev–Trinajstić information content (AvgIpc) is 2.90. The van der Waals surface area contributed by atoms with Gasteiger partial charge < -0.3 is 11.1 Å². The maximum Gasteiger partial charge on any atom is 0.0965 e. The Balaban J connectivity index is 2.10. The first-order valence-electron chi connectivity index (χ1n) is 7.45. The molecule has 0 aliphatic carbocycles. The first kappa shape index (κ1) is 16.6. The van der Waals surface area contributed by atoms with Crippen LogP contribution >= 0.6 is 11.3 Å². The van der Waals surface area contributed by atoms with E-state index < -0.39 is 0 Å². The molecule has 0 radical (unpaired) electrons. The number of aromatic nitrogens is 1. The third-order valence-corrected chi connectivity index (χ3v) is 4.74. The smallest absolute Gasteiger partial charge is 0.0965 e. The van der Waals surface area contributed by atoms with Gasteiger partial charge in [-0.15, -0.1) is 11.3 Å². The highest BCUT2D eigenvalue weighted by Gasteiger charge is 2.12. The second kappa shape index (κ2) is 9.45. The molecule has 0 aliphatic heterocycles. The van der Waals surface area contributed by atoms with Crippen molar-refractivity contribution < 1.29 is 0 Å². The van der Waals surface area contributed by atoms with Crippen LogP contribution in [0.4, 0.5) is 0 Å². The molecule has 3 nitrogen and oxygen atoms in total. The van der Waals surface area contributed by atoms with Gasteiger partial charge in [0.05, 0.1) is 5.01 Å². The average molecular weight is 283 g/mol. The molecule has 110 valence electrons. The van der Waals surface area contributed by atoms with Crippen molar-refractivity contribution in [3.05, 3.63) is 16.6 Å². The molecule has 0 spiro atoms. The highest BCUT2D eigenvalue weighted by atomic mass is 32.1. The maximum atomic E-state index is 5.67. The van der Waals surface area contributed by atoms with E-state index in [4.69, 9.17) is 5.73 Å². The van der Waals surface area contributed by atoms with Crippen molar-refractivity contribution >= 4 is 11.3 Å². The molecule has 0 saturated heterocycles. The zero-order chi connectivity index (χ0) is 14.1. The lowest BCUT2D eigenvalue weighted by atomic mass is 9.88. The molecule has 0 amide bonds. The second-order valence-electron chi connectivity index (χ2n) is 5.70. The largest absolute Gasteiger partial charge is 0.330 e. The van der Waals surface area contributed by atoms with Crippen molar-refractivity contribution in [2.24, 2.45) is 17.6 Å². The van der Waals surface area contributed by atoms with Gasteiger partial charge in [-0.25, -0.2) is 4.98 Å². The fourth-order valence-corrected chi connectivity index (χ4v) is 3.10. The first-order chi connectivity index (χ1) is 9.15. The van der Waals surface area contributed by atoms with Gasteiger partial charge in [0, 0.05) is 24.0 Å². The summed E-state index contributed by atoms with van der Waals surface area (Å²) in [6.07, 6.45) is 5.57. The van der Waals surface area contributed by atoms with E-state index in [1.54, 1.807) is 11.3 Å². The minimum Gasteiger partial charge on any atom is -0.330 e. The number of hydrogen-bond donors (Lipinski definition) is 2. The molecule has 4 heteroatoms. The third-order valence-electron chi connectivity index (χ3n) is 3.73. The van der Waals surface area contributed by atoms with E-state index >= 15 is 0 Å². The Labute approximate surface area is 122 Å². The Morgan fingerprint density at radius 2 is 2.11 bits per heavy atom. The van der Waals surface area contributed by atoms with Crippen LogP contribution in [0.5, 0.6) is 0 Å². The summed E-state index contributed by atoms with van der Waals surface area (Å²) >= 11 is 1.75. The fraction of sp³-hybridized carbons (Fsp3) is 0.800. The lowest BCUT2D eigenvalue weighted by Crippen LogP contribution is -2.22. The Morgan fingerprint density at radius 1 is 1.32 bits per heavy atom. The van der Waals surface area contributed by atoms with Gasteiger partial charge in [-0.05, 0) is 44.2 Å². The molecule has 0 aromatic carbocycles. The van der Waals surface area contributed by atoms with E-state index in [0.717, 1.165) is 37.9 Å². The zero-order valence-electron chi connectivity index (χ0n) is 12.6. The molecule has 0 fully saturated rings. The van der Waals surface area contributed by atoms with Crippen LogP contribution in [-0.4, -0.2) is 24.6 Å². The minimum absolute atomic E-state index is 0.518. The van der Waals surface area contributed by atoms with Crippen molar-refractivity contribution in [3.63, 3.8) is 0 Å². The zero-order valence-corrected chi connectivity index (χ0v) is 13.4. The second-order valence-corrected chi connectivity index (χ2v) is 6.63. The topological polar surface area (TPSA) is 50.9 Å². The molecule has 0 saturated carbocycles. The number of nitrogens with two attached hydrogens (primary N) is 1. The lowest BCUT2D eigenvalue weighted by Gasteiger charge is -2.20. The molecule has 0 aliphatic rings. The Bertz CT molecular complexity index is 311. The highest BCUT2D eigenvalue weighted by Crippen LogP contribution is 2.20. The predicted octanol–water partition coefficient (Wildman–Crippen LogP) is 3.24. The Hall–Kier alpha value is -0.450. The van der Waals surface area contributed by atoms with Gasteiger partial charge in [-0.2, -0.15) is 0 Å². The summed E-state index contributed by atoms with van der Waals surface area (Å²) in [6, 6.07) is 0. The quantitative estimate of drug-likeness (QED) is 0.648. The monoisotopic (exact) mass is 283 g/mol. The molecule has 2 unspecified atom stereocenters. The predicted molar refractivity (Wildman–Crippen MR) is 84.6 cm³/mol. The molecular formula is C15H29N3S. The van der Waals surface area contributed by atoms with Crippen LogP contribution in [0, 0.1) is 11.8 Å². The van der Waals surface area contributed by atoms with Gasteiger partial charge in [0.1, 0.15) is 0 Å². The molecule has 0 bridgehead atoms. The van der Waals surface area contributed by atoms with Gasteiger partial charge in [-0.3, -0.25) is 0 Å². The first-order valence-corrected chi connectivity index (χ1v) is 8.33. The normalized spacial score (nSPS) is 14.8. The van der Waals surface area contributed by atoms with E-state index in [1.165, 1.54) is 17.8 Å². The number of nitrogens with one attached hydrogen (secondary N) is 1. The van der Waals surface area contributed by atoms with Gasteiger partial charge >= 0.3 is 0 Å². The van der Waals surface area contributed by atoms with Crippen LogP contribution < -0.4 is 11.1 Å². The molecular weight excluding hydrogens is 254 g/mol. The summed E-state index contributed by atoms with van der Waals surface area (Å²) < 4.78 is 0. The molecule has 19 heavy (non-hydrogen) atoms. The standard InChI is InChI=1S/C15H29N3S/c1-12(2)14(6-7-16)5-4-8-17-11-13(3)15-18-9-10-19-15/h9-10,12-14,17H,4-8,11,16H2,1-3H3.